The Kier molecular flexibility index (Phi) is 7.43. The molecule has 64 heavy (non-hydrogen) atoms. The number of benzene rings is 12. The van der Waals surface area contributed by atoms with Crippen LogP contribution >= 0.6 is 0 Å². The fourth-order valence-electron chi connectivity index (χ4n) is 10.5. The highest BCUT2D eigenvalue weighted by molar-refractivity contribution is 6.26. The molecule has 12 aromatic carbocycles. The lowest BCUT2D eigenvalue weighted by molar-refractivity contribution is 0.664. The number of fused-ring (bicyclic) bond motifs is 15. The molecule has 0 amide bonds. The zero-order valence-corrected chi connectivity index (χ0v) is 34.6. The summed E-state index contributed by atoms with van der Waals surface area (Å²) in [5.74, 6) is 0. The minimum atomic E-state index is 0.851. The summed E-state index contributed by atoms with van der Waals surface area (Å²) in [4.78, 5) is 0. The van der Waals surface area contributed by atoms with Gasteiger partial charge in [0.2, 0.25) is 0 Å². The molecule has 2 nitrogen and oxygen atoms in total. The van der Waals surface area contributed by atoms with Crippen LogP contribution in [0.4, 0.5) is 0 Å². The van der Waals surface area contributed by atoms with Gasteiger partial charge in [-0.3, -0.25) is 0 Å². The average molecular weight is 813 g/mol. The molecular weight excluding hydrogens is 777 g/mol. The van der Waals surface area contributed by atoms with Gasteiger partial charge >= 0.3 is 0 Å². The normalized spacial score (nSPS) is 12.1. The summed E-state index contributed by atoms with van der Waals surface area (Å²) in [7, 11) is 0. The van der Waals surface area contributed by atoms with E-state index in [9.17, 15) is 0 Å². The maximum Gasteiger partial charge on any atom is 0.136 e. The van der Waals surface area contributed by atoms with Crippen molar-refractivity contribution in [1.82, 2.24) is 0 Å². The molecule has 14 rings (SSSR count). The lowest BCUT2D eigenvalue weighted by Crippen LogP contribution is -1.86. The summed E-state index contributed by atoms with van der Waals surface area (Å²) < 4.78 is 13.1. The zero-order valence-electron chi connectivity index (χ0n) is 34.6. The van der Waals surface area contributed by atoms with Crippen LogP contribution in [0.25, 0.3) is 142 Å². The van der Waals surface area contributed by atoms with E-state index in [2.05, 4.69) is 218 Å². The van der Waals surface area contributed by atoms with Gasteiger partial charge in [-0.1, -0.05) is 158 Å². The van der Waals surface area contributed by atoms with Crippen LogP contribution in [-0.4, -0.2) is 0 Å². The molecule has 296 valence electrons. The van der Waals surface area contributed by atoms with E-state index < -0.39 is 0 Å². The molecule has 0 saturated carbocycles. The highest BCUT2D eigenvalue weighted by atomic mass is 16.3. The van der Waals surface area contributed by atoms with Gasteiger partial charge in [-0.15, -0.1) is 0 Å². The minimum absolute atomic E-state index is 0.851. The molecule has 0 aliphatic rings. The Hall–Kier alpha value is -8.46. The molecule has 2 heteroatoms. The quantitative estimate of drug-likeness (QED) is 0.166. The van der Waals surface area contributed by atoms with E-state index in [1.807, 2.05) is 0 Å². The predicted molar refractivity (Wildman–Crippen MR) is 270 cm³/mol. The smallest absolute Gasteiger partial charge is 0.136 e. The van der Waals surface area contributed by atoms with Gasteiger partial charge in [0.05, 0.1) is 0 Å². The minimum Gasteiger partial charge on any atom is -0.456 e. The Morgan fingerprint density at radius 1 is 0.188 bits per heavy atom. The number of furan rings is 2. The van der Waals surface area contributed by atoms with E-state index >= 15 is 0 Å². The van der Waals surface area contributed by atoms with Crippen LogP contribution in [0.5, 0.6) is 0 Å². The molecule has 0 saturated heterocycles. The van der Waals surface area contributed by atoms with Gasteiger partial charge < -0.3 is 8.83 Å². The van der Waals surface area contributed by atoms with Crippen molar-refractivity contribution >= 4 is 97.7 Å². The van der Waals surface area contributed by atoms with Crippen LogP contribution in [0, 0.1) is 0 Å². The maximum absolute atomic E-state index is 6.57. The third-order valence-electron chi connectivity index (χ3n) is 13.6. The molecule has 0 radical (unpaired) electrons. The summed E-state index contributed by atoms with van der Waals surface area (Å²) in [6.45, 7) is 0. The van der Waals surface area contributed by atoms with E-state index in [1.54, 1.807) is 0 Å². The van der Waals surface area contributed by atoms with Crippen LogP contribution in [0.2, 0.25) is 0 Å². The van der Waals surface area contributed by atoms with Gasteiger partial charge in [0.15, 0.2) is 0 Å². The number of rotatable bonds is 4. The van der Waals surface area contributed by atoms with Crippen molar-refractivity contribution in [2.75, 3.05) is 0 Å². The second-order valence-corrected chi connectivity index (χ2v) is 17.2. The van der Waals surface area contributed by atoms with Crippen LogP contribution < -0.4 is 0 Å². The Morgan fingerprint density at radius 3 is 1.12 bits per heavy atom. The molecule has 2 heterocycles. The average Bonchev–Trinajstić information content (AvgIpc) is 3.91. The third-order valence-corrected chi connectivity index (χ3v) is 13.6. The predicted octanol–water partition coefficient (Wildman–Crippen LogP) is 17.9. The molecule has 0 spiro atoms. The molecule has 0 fully saturated rings. The van der Waals surface area contributed by atoms with Crippen molar-refractivity contribution < 1.29 is 8.83 Å². The largest absolute Gasteiger partial charge is 0.456 e. The highest BCUT2D eigenvalue weighted by Crippen LogP contribution is 2.42. The van der Waals surface area contributed by atoms with Crippen molar-refractivity contribution in [3.8, 4) is 44.5 Å². The highest BCUT2D eigenvalue weighted by Gasteiger charge is 2.17. The van der Waals surface area contributed by atoms with E-state index in [1.165, 1.54) is 81.7 Å². The van der Waals surface area contributed by atoms with E-state index in [4.69, 9.17) is 8.83 Å². The molecule has 0 N–H and O–H groups in total. The van der Waals surface area contributed by atoms with E-state index in [-0.39, 0.29) is 0 Å². The lowest BCUT2D eigenvalue weighted by Gasteiger charge is -2.13. The van der Waals surface area contributed by atoms with Crippen LogP contribution in [0.1, 0.15) is 0 Å². The molecule has 0 atom stereocenters. The van der Waals surface area contributed by atoms with Gasteiger partial charge in [0.1, 0.15) is 22.3 Å². The summed E-state index contributed by atoms with van der Waals surface area (Å²) in [5.41, 5.74) is 12.9. The molecular formula is C62H36O2. The Balaban J connectivity index is 0.829. The summed E-state index contributed by atoms with van der Waals surface area (Å²) in [6, 6.07) is 79.4. The van der Waals surface area contributed by atoms with Gasteiger partial charge in [0.25, 0.3) is 0 Å². The monoisotopic (exact) mass is 812 g/mol. The second-order valence-electron chi connectivity index (χ2n) is 17.2. The SMILES string of the molecule is c1cc(-c2cccc(-c3ccc4c5ccccc5c5ccccc5c4c3)c2)cc(-c2ccc3oc4cc5c(cc4c3c2)oc2ccc(-c3cc4ccccc4c4ccccc34)cc25)c1. The van der Waals surface area contributed by atoms with Gasteiger partial charge in [-0.25, -0.2) is 0 Å². The molecule has 0 unspecified atom stereocenters. The van der Waals surface area contributed by atoms with Crippen molar-refractivity contribution in [2.45, 2.75) is 0 Å². The molecule has 14 aromatic rings. The number of hydrogen-bond donors (Lipinski definition) is 0. The second kappa shape index (κ2) is 13.5. The molecule has 0 bridgehead atoms. The lowest BCUT2D eigenvalue weighted by atomic mass is 9.91. The Labute approximate surface area is 367 Å². The summed E-state index contributed by atoms with van der Waals surface area (Å²) in [6.07, 6.45) is 0. The van der Waals surface area contributed by atoms with Crippen molar-refractivity contribution in [3.05, 3.63) is 218 Å². The summed E-state index contributed by atoms with van der Waals surface area (Å²) in [5, 5.41) is 17.0. The topological polar surface area (TPSA) is 26.3 Å². The number of hydrogen-bond acceptors (Lipinski definition) is 2. The van der Waals surface area contributed by atoms with Crippen LogP contribution in [0.15, 0.2) is 227 Å². The standard InChI is InChI=1S/C62H36O2/c1-2-16-45-43(11-1)33-53(50-21-7-3-17-46(45)50)44-25-28-60-56(34-44)58-36-61-57(35-62(58)64-60)55-32-42(24-27-59(55)63-61)40-15-10-13-38(30-40)37-12-9-14-39(29-37)41-23-26-52-49-20-5-4-18-47(49)48-19-6-8-22-51(48)54(52)31-41/h1-36H. The first-order chi connectivity index (χ1) is 31.7. The van der Waals surface area contributed by atoms with Crippen LogP contribution in [0.3, 0.4) is 0 Å². The first-order valence-electron chi connectivity index (χ1n) is 22.0. The molecule has 2 aromatic heterocycles. The van der Waals surface area contributed by atoms with Crippen molar-refractivity contribution in [1.29, 1.82) is 0 Å². The van der Waals surface area contributed by atoms with E-state index in [0.29, 0.717) is 0 Å². The molecule has 0 aliphatic heterocycles. The van der Waals surface area contributed by atoms with Gasteiger partial charge in [-0.05, 0) is 159 Å². The zero-order chi connectivity index (χ0) is 41.9. The van der Waals surface area contributed by atoms with Gasteiger partial charge in [-0.2, -0.15) is 0 Å². The third kappa shape index (κ3) is 5.33. The Morgan fingerprint density at radius 2 is 0.562 bits per heavy atom. The van der Waals surface area contributed by atoms with Crippen molar-refractivity contribution in [3.63, 3.8) is 0 Å². The summed E-state index contributed by atoms with van der Waals surface area (Å²) >= 11 is 0. The fraction of sp³-hybridized carbons (Fsp3) is 0. The molecule has 0 aliphatic carbocycles. The first kappa shape index (κ1) is 35.2. The first-order valence-corrected chi connectivity index (χ1v) is 22.0. The van der Waals surface area contributed by atoms with Gasteiger partial charge in [0, 0.05) is 21.5 Å². The van der Waals surface area contributed by atoms with Crippen LogP contribution in [-0.2, 0) is 0 Å². The Bertz CT molecular complexity index is 4220. The maximum atomic E-state index is 6.57. The van der Waals surface area contributed by atoms with E-state index in [0.717, 1.165) is 60.6 Å². The van der Waals surface area contributed by atoms with Crippen molar-refractivity contribution in [2.24, 2.45) is 0 Å². The fourth-order valence-corrected chi connectivity index (χ4v) is 10.5.